The lowest BCUT2D eigenvalue weighted by molar-refractivity contribution is -0.146. The molecule has 3 rings (SSSR count). The summed E-state index contributed by atoms with van der Waals surface area (Å²) >= 11 is 0. The van der Waals surface area contributed by atoms with Crippen LogP contribution in [0.2, 0.25) is 0 Å². The Hall–Kier alpha value is -3.75. The van der Waals surface area contributed by atoms with Crippen LogP contribution < -0.4 is 16.4 Å². The Morgan fingerprint density at radius 3 is 2.39 bits per heavy atom. The van der Waals surface area contributed by atoms with Gasteiger partial charge in [-0.2, -0.15) is 0 Å². The Labute approximate surface area is 180 Å². The summed E-state index contributed by atoms with van der Waals surface area (Å²) in [5, 5.41) is 5.22. The van der Waals surface area contributed by atoms with Crippen LogP contribution in [-0.4, -0.2) is 40.1 Å². The van der Waals surface area contributed by atoms with Crippen molar-refractivity contribution in [2.45, 2.75) is 32.7 Å². The first-order valence-corrected chi connectivity index (χ1v) is 9.99. The van der Waals surface area contributed by atoms with Crippen molar-refractivity contribution in [2.75, 3.05) is 17.2 Å². The minimum Gasteiger partial charge on any atom is -0.366 e. The second-order valence-corrected chi connectivity index (χ2v) is 7.74. The predicted octanol–water partition coefficient (Wildman–Crippen LogP) is 2.08. The molecule has 0 radical (unpaired) electrons. The summed E-state index contributed by atoms with van der Waals surface area (Å²) in [4.78, 5) is 53.6. The number of nitrogens with zero attached hydrogens (tertiary/aromatic N) is 2. The van der Waals surface area contributed by atoms with E-state index in [4.69, 9.17) is 5.73 Å². The van der Waals surface area contributed by atoms with Gasteiger partial charge in [0.1, 0.15) is 0 Å². The van der Waals surface area contributed by atoms with Crippen molar-refractivity contribution < 1.29 is 19.2 Å². The number of nitrogens with one attached hydrogen (secondary N) is 2. The van der Waals surface area contributed by atoms with Gasteiger partial charge in [-0.3, -0.25) is 24.2 Å². The van der Waals surface area contributed by atoms with Crippen LogP contribution in [0.5, 0.6) is 0 Å². The molecule has 0 saturated carbocycles. The second kappa shape index (κ2) is 9.38. The van der Waals surface area contributed by atoms with E-state index in [9.17, 15) is 19.2 Å². The SMILES string of the molecule is CC(=O)Nc1ccc([C@H]2CC[C@H](C)CN2C(=O)C(=O)Nc2cncc(C(N)=O)c2)cc1. The van der Waals surface area contributed by atoms with Crippen LogP contribution in [0, 0.1) is 5.92 Å². The zero-order valence-electron chi connectivity index (χ0n) is 17.4. The van der Waals surface area contributed by atoms with Gasteiger partial charge in [-0.25, -0.2) is 0 Å². The van der Waals surface area contributed by atoms with Crippen LogP contribution in [0.15, 0.2) is 42.7 Å². The van der Waals surface area contributed by atoms with Crippen molar-refractivity contribution in [3.8, 4) is 0 Å². The molecule has 9 nitrogen and oxygen atoms in total. The first kappa shape index (κ1) is 21.9. The molecule has 0 unspecified atom stereocenters. The molecule has 1 aromatic heterocycles. The molecule has 0 spiro atoms. The summed E-state index contributed by atoms with van der Waals surface area (Å²) in [6.45, 7) is 3.92. The number of rotatable bonds is 4. The quantitative estimate of drug-likeness (QED) is 0.647. The number of anilines is 2. The monoisotopic (exact) mass is 423 g/mol. The molecule has 1 aliphatic heterocycles. The standard InChI is InChI=1S/C22H25N5O4/c1-13-3-8-19(15-4-6-17(7-5-15)25-14(2)28)27(12-13)22(31)21(30)26-18-9-16(20(23)29)10-24-11-18/h4-7,9-11,13,19H,3,8,12H2,1-2H3,(H2,23,29)(H,25,28)(H,26,30)/t13-,19+/m0/s1. The average molecular weight is 423 g/mol. The fraction of sp³-hybridized carbons (Fsp3) is 0.318. The van der Waals surface area contributed by atoms with Crippen LogP contribution in [0.25, 0.3) is 0 Å². The summed E-state index contributed by atoms with van der Waals surface area (Å²) in [5.41, 5.74) is 7.14. The molecule has 9 heteroatoms. The molecule has 4 amide bonds. The van der Waals surface area contributed by atoms with Gasteiger partial charge in [0.15, 0.2) is 0 Å². The van der Waals surface area contributed by atoms with E-state index in [1.807, 2.05) is 19.1 Å². The third-order valence-electron chi connectivity index (χ3n) is 5.17. The third kappa shape index (κ3) is 5.44. The molecule has 31 heavy (non-hydrogen) atoms. The molecule has 1 aliphatic rings. The largest absolute Gasteiger partial charge is 0.366 e. The van der Waals surface area contributed by atoms with Crippen LogP contribution >= 0.6 is 0 Å². The minimum atomic E-state index is -0.808. The molecule has 0 aliphatic carbocycles. The lowest BCUT2D eigenvalue weighted by Crippen LogP contribution is -2.46. The molecule has 162 valence electrons. The highest BCUT2D eigenvalue weighted by Gasteiger charge is 2.34. The number of aromatic nitrogens is 1. The van der Waals surface area contributed by atoms with E-state index in [2.05, 4.69) is 15.6 Å². The summed E-state index contributed by atoms with van der Waals surface area (Å²) < 4.78 is 0. The van der Waals surface area contributed by atoms with Gasteiger partial charge in [0.2, 0.25) is 11.8 Å². The lowest BCUT2D eigenvalue weighted by atomic mass is 9.89. The zero-order chi connectivity index (χ0) is 22.5. The van der Waals surface area contributed by atoms with Gasteiger partial charge in [0, 0.05) is 25.4 Å². The number of nitrogens with two attached hydrogens (primary N) is 1. The maximum atomic E-state index is 13.0. The number of piperidine rings is 1. The number of benzene rings is 1. The molecule has 2 heterocycles. The third-order valence-corrected chi connectivity index (χ3v) is 5.17. The van der Waals surface area contributed by atoms with Gasteiger partial charge < -0.3 is 21.3 Å². The Morgan fingerprint density at radius 1 is 1.03 bits per heavy atom. The van der Waals surface area contributed by atoms with Crippen LogP contribution in [-0.2, 0) is 14.4 Å². The first-order valence-electron chi connectivity index (χ1n) is 9.99. The molecule has 4 N–H and O–H groups in total. The highest BCUT2D eigenvalue weighted by molar-refractivity contribution is 6.39. The molecular weight excluding hydrogens is 398 g/mol. The number of primary amides is 1. The van der Waals surface area contributed by atoms with Crippen molar-refractivity contribution in [3.63, 3.8) is 0 Å². The smallest absolute Gasteiger partial charge is 0.313 e. The van der Waals surface area contributed by atoms with E-state index < -0.39 is 17.7 Å². The van der Waals surface area contributed by atoms with Crippen LogP contribution in [0.3, 0.4) is 0 Å². The van der Waals surface area contributed by atoms with Crippen molar-refractivity contribution >= 4 is 35.0 Å². The molecular formula is C22H25N5O4. The second-order valence-electron chi connectivity index (χ2n) is 7.74. The molecule has 1 aromatic carbocycles. The Balaban J connectivity index is 1.77. The Morgan fingerprint density at radius 2 is 1.74 bits per heavy atom. The maximum absolute atomic E-state index is 13.0. The maximum Gasteiger partial charge on any atom is 0.313 e. The van der Waals surface area contributed by atoms with Gasteiger partial charge in [-0.05, 0) is 42.5 Å². The Bertz CT molecular complexity index is 1010. The van der Waals surface area contributed by atoms with Gasteiger partial charge in [-0.1, -0.05) is 19.1 Å². The number of amides is 4. The summed E-state index contributed by atoms with van der Waals surface area (Å²) in [5.74, 6) is -2.05. The zero-order valence-corrected chi connectivity index (χ0v) is 17.4. The lowest BCUT2D eigenvalue weighted by Gasteiger charge is -2.38. The fourth-order valence-corrected chi connectivity index (χ4v) is 3.67. The van der Waals surface area contributed by atoms with E-state index >= 15 is 0 Å². The normalized spacial score (nSPS) is 18.2. The highest BCUT2D eigenvalue weighted by Crippen LogP contribution is 2.34. The predicted molar refractivity (Wildman–Crippen MR) is 115 cm³/mol. The van der Waals surface area contributed by atoms with Gasteiger partial charge in [0.05, 0.1) is 23.5 Å². The minimum absolute atomic E-state index is 0.133. The van der Waals surface area contributed by atoms with E-state index in [1.165, 1.54) is 25.4 Å². The molecule has 2 aromatic rings. The fourth-order valence-electron chi connectivity index (χ4n) is 3.67. The molecule has 1 fully saturated rings. The average Bonchev–Trinajstić information content (AvgIpc) is 2.73. The Kier molecular flexibility index (Phi) is 6.64. The van der Waals surface area contributed by atoms with E-state index in [1.54, 1.807) is 17.0 Å². The summed E-state index contributed by atoms with van der Waals surface area (Å²) in [6, 6.07) is 8.37. The summed E-state index contributed by atoms with van der Waals surface area (Å²) in [7, 11) is 0. The van der Waals surface area contributed by atoms with Gasteiger partial charge in [-0.15, -0.1) is 0 Å². The molecule has 0 bridgehead atoms. The number of likely N-dealkylation sites (tertiary alicyclic amines) is 1. The number of hydrogen-bond acceptors (Lipinski definition) is 5. The van der Waals surface area contributed by atoms with Gasteiger partial charge in [0.25, 0.3) is 0 Å². The van der Waals surface area contributed by atoms with Crippen molar-refractivity contribution in [1.82, 2.24) is 9.88 Å². The highest BCUT2D eigenvalue weighted by atomic mass is 16.2. The summed E-state index contributed by atoms with van der Waals surface area (Å²) in [6.07, 6.45) is 4.27. The molecule has 1 saturated heterocycles. The van der Waals surface area contributed by atoms with Crippen molar-refractivity contribution in [1.29, 1.82) is 0 Å². The van der Waals surface area contributed by atoms with E-state index in [-0.39, 0.29) is 29.1 Å². The number of hydrogen-bond donors (Lipinski definition) is 3. The van der Waals surface area contributed by atoms with E-state index in [0.29, 0.717) is 12.2 Å². The van der Waals surface area contributed by atoms with Crippen molar-refractivity contribution in [2.24, 2.45) is 11.7 Å². The number of carbonyl (C=O) groups excluding carboxylic acids is 4. The van der Waals surface area contributed by atoms with Crippen LogP contribution in [0.4, 0.5) is 11.4 Å². The van der Waals surface area contributed by atoms with E-state index in [0.717, 1.165) is 18.4 Å². The number of pyridine rings is 1. The first-order chi connectivity index (χ1) is 14.7. The number of carbonyl (C=O) groups is 4. The molecule has 2 atom stereocenters. The topological polar surface area (TPSA) is 134 Å². The van der Waals surface area contributed by atoms with Crippen LogP contribution in [0.1, 0.15) is 48.7 Å². The van der Waals surface area contributed by atoms with Gasteiger partial charge >= 0.3 is 11.8 Å². The van der Waals surface area contributed by atoms with Crippen molar-refractivity contribution in [3.05, 3.63) is 53.9 Å².